The molecular formula is C20H20N4O4. The van der Waals surface area contributed by atoms with Gasteiger partial charge in [-0.15, -0.1) is 0 Å². The first-order valence-electron chi connectivity index (χ1n) is 8.86. The van der Waals surface area contributed by atoms with E-state index in [1.54, 1.807) is 6.92 Å². The van der Waals surface area contributed by atoms with Crippen molar-refractivity contribution in [3.8, 4) is 0 Å². The van der Waals surface area contributed by atoms with Gasteiger partial charge in [0.15, 0.2) is 0 Å². The van der Waals surface area contributed by atoms with Crippen LogP contribution in [0.3, 0.4) is 0 Å². The number of nitro groups is 1. The van der Waals surface area contributed by atoms with Crippen LogP contribution in [0.15, 0.2) is 59.7 Å². The molecule has 8 heteroatoms. The highest BCUT2D eigenvalue weighted by molar-refractivity contribution is 6.05. The van der Waals surface area contributed by atoms with Gasteiger partial charge in [-0.2, -0.15) is 5.10 Å². The van der Waals surface area contributed by atoms with Gasteiger partial charge in [-0.3, -0.25) is 19.7 Å². The Bertz CT molecular complexity index is 910. The van der Waals surface area contributed by atoms with Gasteiger partial charge in [0.25, 0.3) is 5.69 Å². The third-order valence-electron chi connectivity index (χ3n) is 4.49. The standard InChI is InChI=1S/C20H20N4O4/c1-13(11-19(25)21-15-7-9-16(10-8-15)24(27)28)22-23-20(26)18-12-17(18)14-5-3-2-4-6-14/h2-10,17-18H,11-12H2,1H3,(H,21,25)(H,23,26)/b22-13-/t17-,18-/m1/s1. The average Bonchev–Trinajstić information content (AvgIpc) is 3.48. The summed E-state index contributed by atoms with van der Waals surface area (Å²) in [7, 11) is 0. The van der Waals surface area contributed by atoms with Gasteiger partial charge in [0.1, 0.15) is 0 Å². The number of nitrogens with zero attached hydrogens (tertiary/aromatic N) is 2. The van der Waals surface area contributed by atoms with Crippen molar-refractivity contribution in [2.24, 2.45) is 11.0 Å². The van der Waals surface area contributed by atoms with Crippen LogP contribution in [0.2, 0.25) is 0 Å². The molecule has 0 aromatic heterocycles. The van der Waals surface area contributed by atoms with Crippen LogP contribution in [0.25, 0.3) is 0 Å². The molecule has 28 heavy (non-hydrogen) atoms. The predicted octanol–water partition coefficient (Wildman–Crippen LogP) is 3.22. The summed E-state index contributed by atoms with van der Waals surface area (Å²) in [6, 6.07) is 15.4. The van der Waals surface area contributed by atoms with Crippen LogP contribution in [-0.4, -0.2) is 22.4 Å². The molecule has 0 unspecified atom stereocenters. The average molecular weight is 380 g/mol. The molecule has 0 spiro atoms. The van der Waals surface area contributed by atoms with Crippen molar-refractivity contribution in [3.63, 3.8) is 0 Å². The van der Waals surface area contributed by atoms with E-state index in [0.717, 1.165) is 12.0 Å². The Labute approximate surface area is 161 Å². The number of hydrogen-bond acceptors (Lipinski definition) is 5. The molecule has 0 saturated heterocycles. The minimum Gasteiger partial charge on any atom is -0.326 e. The van der Waals surface area contributed by atoms with Crippen molar-refractivity contribution in [2.45, 2.75) is 25.7 Å². The quantitative estimate of drug-likeness (QED) is 0.436. The van der Waals surface area contributed by atoms with E-state index < -0.39 is 4.92 Å². The summed E-state index contributed by atoms with van der Waals surface area (Å²) >= 11 is 0. The van der Waals surface area contributed by atoms with Crippen LogP contribution in [0, 0.1) is 16.0 Å². The van der Waals surface area contributed by atoms with Gasteiger partial charge in [-0.1, -0.05) is 30.3 Å². The summed E-state index contributed by atoms with van der Waals surface area (Å²) in [5, 5.41) is 17.3. The first-order chi connectivity index (χ1) is 13.4. The number of nitrogens with one attached hydrogen (secondary N) is 2. The van der Waals surface area contributed by atoms with E-state index in [-0.39, 0.29) is 35.8 Å². The van der Waals surface area contributed by atoms with Crippen molar-refractivity contribution in [2.75, 3.05) is 5.32 Å². The van der Waals surface area contributed by atoms with Gasteiger partial charge >= 0.3 is 0 Å². The summed E-state index contributed by atoms with van der Waals surface area (Å²) in [6.45, 7) is 1.65. The molecule has 0 aliphatic heterocycles. The molecule has 144 valence electrons. The van der Waals surface area contributed by atoms with Crippen molar-refractivity contribution < 1.29 is 14.5 Å². The van der Waals surface area contributed by atoms with Crippen LogP contribution < -0.4 is 10.7 Å². The summed E-state index contributed by atoms with van der Waals surface area (Å²) in [6.07, 6.45) is 0.801. The molecule has 0 radical (unpaired) electrons. The summed E-state index contributed by atoms with van der Waals surface area (Å²) < 4.78 is 0. The molecule has 2 atom stereocenters. The molecule has 3 rings (SSSR count). The summed E-state index contributed by atoms with van der Waals surface area (Å²) in [4.78, 5) is 34.3. The minimum absolute atomic E-state index is 0.00402. The Balaban J connectivity index is 1.45. The Hall–Kier alpha value is -3.55. The van der Waals surface area contributed by atoms with Gasteiger partial charge < -0.3 is 5.32 Å². The fourth-order valence-electron chi connectivity index (χ4n) is 2.93. The van der Waals surface area contributed by atoms with E-state index in [1.807, 2.05) is 30.3 Å². The molecule has 1 aliphatic carbocycles. The smallest absolute Gasteiger partial charge is 0.269 e. The number of carbonyl (C=O) groups is 2. The molecular weight excluding hydrogens is 360 g/mol. The lowest BCUT2D eigenvalue weighted by Crippen LogP contribution is -2.23. The maximum atomic E-state index is 12.2. The first kappa shape index (κ1) is 19.2. The molecule has 2 amide bonds. The van der Waals surface area contributed by atoms with Gasteiger partial charge in [0.05, 0.1) is 11.3 Å². The van der Waals surface area contributed by atoms with Crippen molar-refractivity contribution in [1.82, 2.24) is 5.43 Å². The number of benzene rings is 2. The highest BCUT2D eigenvalue weighted by Crippen LogP contribution is 2.47. The van der Waals surface area contributed by atoms with E-state index in [9.17, 15) is 19.7 Å². The number of anilines is 1. The third kappa shape index (κ3) is 5.00. The SMILES string of the molecule is C/C(CC(=O)Nc1ccc([N+](=O)[O-])cc1)=N/NC(=O)[C@@H]1C[C@@H]1c1ccccc1. The highest BCUT2D eigenvalue weighted by atomic mass is 16.6. The number of amides is 2. The second kappa shape index (κ2) is 8.43. The molecule has 1 aliphatic rings. The Morgan fingerprint density at radius 1 is 1.14 bits per heavy atom. The highest BCUT2D eigenvalue weighted by Gasteiger charge is 2.43. The van der Waals surface area contributed by atoms with Crippen LogP contribution >= 0.6 is 0 Å². The Morgan fingerprint density at radius 2 is 1.82 bits per heavy atom. The molecule has 2 N–H and O–H groups in total. The summed E-state index contributed by atoms with van der Waals surface area (Å²) in [5.74, 6) is -0.336. The zero-order valence-corrected chi connectivity index (χ0v) is 15.3. The predicted molar refractivity (Wildman–Crippen MR) is 105 cm³/mol. The van der Waals surface area contributed by atoms with Gasteiger partial charge in [0.2, 0.25) is 11.8 Å². The number of hydrazone groups is 1. The molecule has 8 nitrogen and oxygen atoms in total. The lowest BCUT2D eigenvalue weighted by atomic mass is 10.1. The molecule has 2 aromatic rings. The normalized spacial score (nSPS) is 18.2. The van der Waals surface area contributed by atoms with Crippen molar-refractivity contribution in [1.29, 1.82) is 0 Å². The Kier molecular flexibility index (Phi) is 5.78. The van der Waals surface area contributed by atoms with E-state index in [2.05, 4.69) is 15.8 Å². The lowest BCUT2D eigenvalue weighted by Gasteiger charge is -2.05. The first-order valence-corrected chi connectivity index (χ1v) is 8.86. The topological polar surface area (TPSA) is 114 Å². The minimum atomic E-state index is -0.507. The molecule has 0 heterocycles. The second-order valence-electron chi connectivity index (χ2n) is 6.71. The fourth-order valence-corrected chi connectivity index (χ4v) is 2.93. The molecule has 2 aromatic carbocycles. The van der Waals surface area contributed by atoms with Crippen molar-refractivity contribution in [3.05, 3.63) is 70.3 Å². The van der Waals surface area contributed by atoms with Gasteiger partial charge in [0, 0.05) is 29.4 Å². The zero-order valence-electron chi connectivity index (χ0n) is 15.3. The number of hydrogen-bond donors (Lipinski definition) is 2. The number of nitro benzene ring substituents is 1. The maximum Gasteiger partial charge on any atom is 0.269 e. The van der Waals surface area contributed by atoms with Crippen LogP contribution in [0.4, 0.5) is 11.4 Å². The van der Waals surface area contributed by atoms with Gasteiger partial charge in [-0.05, 0) is 37.0 Å². The van der Waals surface area contributed by atoms with Crippen LogP contribution in [-0.2, 0) is 9.59 Å². The number of non-ortho nitro benzene ring substituents is 1. The largest absolute Gasteiger partial charge is 0.326 e. The van der Waals surface area contributed by atoms with Crippen LogP contribution in [0.5, 0.6) is 0 Å². The number of rotatable bonds is 7. The Morgan fingerprint density at radius 3 is 2.46 bits per heavy atom. The monoisotopic (exact) mass is 380 g/mol. The third-order valence-corrected chi connectivity index (χ3v) is 4.49. The molecule has 1 fully saturated rings. The zero-order chi connectivity index (χ0) is 20.1. The maximum absolute atomic E-state index is 12.2. The summed E-state index contributed by atoms with van der Waals surface area (Å²) in [5.41, 5.74) is 4.54. The van der Waals surface area contributed by atoms with Crippen molar-refractivity contribution >= 4 is 28.9 Å². The number of carbonyl (C=O) groups excluding carboxylic acids is 2. The molecule has 0 bridgehead atoms. The van der Waals surface area contributed by atoms with E-state index in [1.165, 1.54) is 24.3 Å². The second-order valence-corrected chi connectivity index (χ2v) is 6.71. The van der Waals surface area contributed by atoms with Crippen LogP contribution in [0.1, 0.15) is 31.2 Å². The van der Waals surface area contributed by atoms with Gasteiger partial charge in [-0.25, -0.2) is 5.43 Å². The van der Waals surface area contributed by atoms with E-state index in [4.69, 9.17) is 0 Å². The van der Waals surface area contributed by atoms with E-state index in [0.29, 0.717) is 11.4 Å². The fraction of sp³-hybridized carbons (Fsp3) is 0.250. The van der Waals surface area contributed by atoms with E-state index >= 15 is 0 Å². The molecule has 1 saturated carbocycles. The lowest BCUT2D eigenvalue weighted by molar-refractivity contribution is -0.384.